The van der Waals surface area contributed by atoms with Crippen LogP contribution in [0.4, 0.5) is 0 Å². The summed E-state index contributed by atoms with van der Waals surface area (Å²) in [6.07, 6.45) is 5.69. The molecule has 2 rings (SSSR count). The van der Waals surface area contributed by atoms with Gasteiger partial charge in [0.05, 0.1) is 0 Å². The van der Waals surface area contributed by atoms with Crippen LogP contribution in [0.15, 0.2) is 0 Å². The summed E-state index contributed by atoms with van der Waals surface area (Å²) in [4.78, 5) is 0. The van der Waals surface area contributed by atoms with E-state index in [1.807, 2.05) is 0 Å². The lowest BCUT2D eigenvalue weighted by molar-refractivity contribution is 0.0529. The molecule has 0 aromatic carbocycles. The number of hydrogen-bond acceptors (Lipinski definition) is 1. The van der Waals surface area contributed by atoms with Crippen molar-refractivity contribution in [2.75, 3.05) is 0 Å². The van der Waals surface area contributed by atoms with Gasteiger partial charge in [-0.2, -0.15) is 0 Å². The van der Waals surface area contributed by atoms with Gasteiger partial charge in [-0.15, -0.1) is 0 Å². The Kier molecular flexibility index (Phi) is 2.63. The first kappa shape index (κ1) is 10.5. The lowest BCUT2D eigenvalue weighted by Gasteiger charge is -2.50. The van der Waals surface area contributed by atoms with Gasteiger partial charge in [0.15, 0.2) is 0 Å². The van der Waals surface area contributed by atoms with Gasteiger partial charge in [-0.3, -0.25) is 0 Å². The van der Waals surface area contributed by atoms with Crippen LogP contribution in [0.25, 0.3) is 0 Å². The van der Waals surface area contributed by atoms with E-state index in [2.05, 4.69) is 33.0 Å². The molecular weight excluding hydrogens is 170 g/mol. The van der Waals surface area contributed by atoms with E-state index in [9.17, 15) is 0 Å². The molecule has 4 unspecified atom stereocenters. The van der Waals surface area contributed by atoms with Gasteiger partial charge in [-0.1, -0.05) is 20.3 Å². The molecule has 1 saturated heterocycles. The van der Waals surface area contributed by atoms with Gasteiger partial charge in [-0.05, 0) is 50.9 Å². The summed E-state index contributed by atoms with van der Waals surface area (Å²) in [5.74, 6) is 2.75. The second kappa shape index (κ2) is 3.52. The molecule has 1 aliphatic heterocycles. The molecule has 14 heavy (non-hydrogen) atoms. The normalized spacial score (nSPS) is 47.1. The molecule has 0 bridgehead atoms. The van der Waals surface area contributed by atoms with Crippen molar-refractivity contribution in [3.8, 4) is 0 Å². The van der Waals surface area contributed by atoms with E-state index in [1.165, 1.54) is 25.7 Å². The highest BCUT2D eigenvalue weighted by Crippen LogP contribution is 2.41. The van der Waals surface area contributed by atoms with Crippen LogP contribution in [0.5, 0.6) is 0 Å². The second-order valence-corrected chi connectivity index (χ2v) is 6.31. The van der Waals surface area contributed by atoms with Crippen molar-refractivity contribution in [3.05, 3.63) is 0 Å². The molecule has 0 radical (unpaired) electrons. The molecule has 0 aromatic rings. The predicted octanol–water partition coefficient (Wildman–Crippen LogP) is 3.20. The topological polar surface area (TPSA) is 12.0 Å². The lowest BCUT2D eigenvalue weighted by Crippen LogP contribution is -2.59. The fourth-order valence-electron chi connectivity index (χ4n) is 3.81. The third-order valence-corrected chi connectivity index (χ3v) is 4.39. The minimum atomic E-state index is 0.367. The number of hydrogen-bond donors (Lipinski definition) is 1. The SMILES string of the molecule is CC1CC(C)(C)NC2C(C)CCCC12. The van der Waals surface area contributed by atoms with Gasteiger partial charge in [0, 0.05) is 11.6 Å². The summed E-state index contributed by atoms with van der Waals surface area (Å²) in [7, 11) is 0. The molecule has 4 atom stereocenters. The minimum Gasteiger partial charge on any atom is -0.308 e. The molecule has 0 amide bonds. The van der Waals surface area contributed by atoms with Crippen molar-refractivity contribution in [2.24, 2.45) is 17.8 Å². The van der Waals surface area contributed by atoms with Gasteiger partial charge in [0.1, 0.15) is 0 Å². The van der Waals surface area contributed by atoms with Crippen LogP contribution in [0, 0.1) is 17.8 Å². The Morgan fingerprint density at radius 1 is 1.07 bits per heavy atom. The van der Waals surface area contributed by atoms with E-state index < -0.39 is 0 Å². The van der Waals surface area contributed by atoms with Crippen LogP contribution >= 0.6 is 0 Å². The minimum absolute atomic E-state index is 0.367. The van der Waals surface area contributed by atoms with E-state index in [-0.39, 0.29) is 0 Å². The van der Waals surface area contributed by atoms with Gasteiger partial charge < -0.3 is 5.32 Å². The third kappa shape index (κ3) is 1.84. The maximum Gasteiger partial charge on any atom is 0.0130 e. The van der Waals surface area contributed by atoms with Crippen LogP contribution in [-0.4, -0.2) is 11.6 Å². The van der Waals surface area contributed by atoms with Crippen molar-refractivity contribution in [2.45, 2.75) is 65.0 Å². The van der Waals surface area contributed by atoms with Crippen molar-refractivity contribution in [1.82, 2.24) is 5.32 Å². The molecule has 1 N–H and O–H groups in total. The Labute approximate surface area is 88.7 Å². The largest absolute Gasteiger partial charge is 0.308 e. The quantitative estimate of drug-likeness (QED) is 0.626. The molecule has 1 saturated carbocycles. The van der Waals surface area contributed by atoms with E-state index in [4.69, 9.17) is 0 Å². The molecule has 1 heteroatoms. The van der Waals surface area contributed by atoms with Gasteiger partial charge in [0.25, 0.3) is 0 Å². The maximum absolute atomic E-state index is 3.87. The highest BCUT2D eigenvalue weighted by molar-refractivity contribution is 4.99. The Hall–Kier alpha value is -0.0400. The molecule has 2 fully saturated rings. The van der Waals surface area contributed by atoms with Crippen LogP contribution in [0.2, 0.25) is 0 Å². The van der Waals surface area contributed by atoms with Crippen LogP contribution in [0.1, 0.15) is 53.4 Å². The van der Waals surface area contributed by atoms with Gasteiger partial charge in [0.2, 0.25) is 0 Å². The zero-order valence-corrected chi connectivity index (χ0v) is 10.1. The molecule has 0 aromatic heterocycles. The van der Waals surface area contributed by atoms with Crippen molar-refractivity contribution >= 4 is 0 Å². The third-order valence-electron chi connectivity index (χ3n) is 4.39. The van der Waals surface area contributed by atoms with E-state index in [0.29, 0.717) is 5.54 Å². The monoisotopic (exact) mass is 195 g/mol. The van der Waals surface area contributed by atoms with E-state index in [1.54, 1.807) is 0 Å². The summed E-state index contributed by atoms with van der Waals surface area (Å²) >= 11 is 0. The van der Waals surface area contributed by atoms with E-state index in [0.717, 1.165) is 23.8 Å². The highest BCUT2D eigenvalue weighted by atomic mass is 15.0. The summed E-state index contributed by atoms with van der Waals surface area (Å²) < 4.78 is 0. The first-order chi connectivity index (χ1) is 6.49. The van der Waals surface area contributed by atoms with Gasteiger partial charge >= 0.3 is 0 Å². The molecule has 82 valence electrons. The number of fused-ring (bicyclic) bond motifs is 1. The average Bonchev–Trinajstić information content (AvgIpc) is 2.05. The van der Waals surface area contributed by atoms with Crippen LogP contribution in [-0.2, 0) is 0 Å². The molecular formula is C13H25N. The fourth-order valence-corrected chi connectivity index (χ4v) is 3.81. The molecule has 2 aliphatic rings. The molecule has 1 heterocycles. The van der Waals surface area contributed by atoms with E-state index >= 15 is 0 Å². The fraction of sp³-hybridized carbons (Fsp3) is 1.00. The predicted molar refractivity (Wildman–Crippen MR) is 61.3 cm³/mol. The smallest absolute Gasteiger partial charge is 0.0130 e. The number of nitrogens with one attached hydrogen (secondary N) is 1. The number of rotatable bonds is 0. The van der Waals surface area contributed by atoms with Crippen molar-refractivity contribution in [1.29, 1.82) is 0 Å². The maximum atomic E-state index is 3.87. The first-order valence-corrected chi connectivity index (χ1v) is 6.27. The standard InChI is InChI=1S/C13H25N/c1-9-6-5-7-11-10(2)8-13(3,4)14-12(9)11/h9-12,14H,5-8H2,1-4H3. The number of piperidine rings is 1. The van der Waals surface area contributed by atoms with Crippen molar-refractivity contribution < 1.29 is 0 Å². The molecule has 0 spiro atoms. The zero-order valence-electron chi connectivity index (χ0n) is 10.1. The molecule has 1 aliphatic carbocycles. The van der Waals surface area contributed by atoms with Gasteiger partial charge in [-0.25, -0.2) is 0 Å². The summed E-state index contributed by atoms with van der Waals surface area (Å²) in [6.45, 7) is 9.61. The van der Waals surface area contributed by atoms with Crippen LogP contribution in [0.3, 0.4) is 0 Å². The first-order valence-electron chi connectivity index (χ1n) is 6.27. The lowest BCUT2D eigenvalue weighted by atomic mass is 9.66. The van der Waals surface area contributed by atoms with Crippen molar-refractivity contribution in [3.63, 3.8) is 0 Å². The Morgan fingerprint density at radius 3 is 2.50 bits per heavy atom. The summed E-state index contributed by atoms with van der Waals surface area (Å²) in [5.41, 5.74) is 0.367. The Bertz CT molecular complexity index is 209. The summed E-state index contributed by atoms with van der Waals surface area (Å²) in [5, 5.41) is 3.87. The summed E-state index contributed by atoms with van der Waals surface area (Å²) in [6, 6.07) is 0.794. The Morgan fingerprint density at radius 2 is 1.79 bits per heavy atom. The zero-order chi connectivity index (χ0) is 10.3. The van der Waals surface area contributed by atoms with Crippen LogP contribution < -0.4 is 5.32 Å². The Balaban J connectivity index is 2.14. The highest BCUT2D eigenvalue weighted by Gasteiger charge is 2.42. The second-order valence-electron chi connectivity index (χ2n) is 6.31. The average molecular weight is 195 g/mol. The molecule has 1 nitrogen and oxygen atoms in total.